The van der Waals surface area contributed by atoms with Crippen LogP contribution in [0.1, 0.15) is 6.42 Å². The Hall–Kier alpha value is -2.31. The van der Waals surface area contributed by atoms with Gasteiger partial charge in [0.1, 0.15) is 5.75 Å². The van der Waals surface area contributed by atoms with Crippen LogP contribution in [0.25, 0.3) is 0 Å². The summed E-state index contributed by atoms with van der Waals surface area (Å²) < 4.78 is 77.0. The SMILES string of the molecule is Cn1cnc(S(=O)(=O)N2C[C@H](Nc3cccc(OCC(F)(F)F)c3)[C@@H](C3CCOC3)C2)c1. The number of sulfonamides is 1. The molecule has 12 heteroatoms. The average Bonchev–Trinajstić information content (AvgIpc) is 3.47. The second kappa shape index (κ2) is 8.91. The number of hydrogen-bond donors (Lipinski definition) is 1. The summed E-state index contributed by atoms with van der Waals surface area (Å²) in [4.78, 5) is 4.00. The molecule has 0 spiro atoms. The van der Waals surface area contributed by atoms with Crippen LogP contribution < -0.4 is 10.1 Å². The zero-order valence-electron chi connectivity index (χ0n) is 17.5. The topological polar surface area (TPSA) is 85.7 Å². The molecule has 0 radical (unpaired) electrons. The molecule has 2 aliphatic heterocycles. The molecule has 1 aromatic heterocycles. The van der Waals surface area contributed by atoms with E-state index in [1.807, 2.05) is 0 Å². The second-order valence-corrected chi connectivity index (χ2v) is 10.1. The minimum absolute atomic E-state index is 0.00961. The van der Waals surface area contributed by atoms with Crippen LogP contribution in [0, 0.1) is 11.8 Å². The Labute approximate surface area is 184 Å². The number of nitrogens with zero attached hydrogens (tertiary/aromatic N) is 3. The molecule has 3 atom stereocenters. The standard InChI is InChI=1S/C20H25F3N4O4S/c1-26-10-19(24-13-26)32(28,29)27-8-17(14-5-6-30-11-14)18(9-27)25-15-3-2-4-16(7-15)31-12-20(21,22)23/h2-4,7,10,13-14,17-18,25H,5-6,8-9,11-12H2,1H3/t14?,17-,18+/m1/s1. The molecular weight excluding hydrogens is 449 g/mol. The predicted octanol–water partition coefficient (Wildman–Crippen LogP) is 2.50. The summed E-state index contributed by atoms with van der Waals surface area (Å²) in [7, 11) is -2.07. The van der Waals surface area contributed by atoms with Gasteiger partial charge in [-0.15, -0.1) is 0 Å². The van der Waals surface area contributed by atoms with Crippen molar-refractivity contribution in [3.8, 4) is 5.75 Å². The summed E-state index contributed by atoms with van der Waals surface area (Å²) in [6, 6.07) is 6.02. The molecule has 176 valence electrons. The second-order valence-electron chi connectivity index (χ2n) is 8.17. The molecule has 1 aromatic carbocycles. The van der Waals surface area contributed by atoms with E-state index in [0.29, 0.717) is 25.4 Å². The van der Waals surface area contributed by atoms with Crippen molar-refractivity contribution in [1.29, 1.82) is 0 Å². The molecule has 2 aromatic rings. The summed E-state index contributed by atoms with van der Waals surface area (Å²) in [5, 5.41) is 3.31. The highest BCUT2D eigenvalue weighted by atomic mass is 32.2. The van der Waals surface area contributed by atoms with Crippen LogP contribution in [0.3, 0.4) is 0 Å². The zero-order chi connectivity index (χ0) is 22.9. The van der Waals surface area contributed by atoms with Crippen molar-refractivity contribution in [2.75, 3.05) is 38.2 Å². The van der Waals surface area contributed by atoms with Crippen molar-refractivity contribution in [2.24, 2.45) is 18.9 Å². The van der Waals surface area contributed by atoms with Gasteiger partial charge in [0, 0.05) is 57.3 Å². The van der Waals surface area contributed by atoms with E-state index in [-0.39, 0.29) is 35.2 Å². The number of halogens is 3. The minimum atomic E-state index is -4.43. The molecule has 4 rings (SSSR count). The number of aromatic nitrogens is 2. The fourth-order valence-corrected chi connectivity index (χ4v) is 5.69. The third kappa shape index (κ3) is 5.18. The van der Waals surface area contributed by atoms with Gasteiger partial charge in [0.2, 0.25) is 0 Å². The fourth-order valence-electron chi connectivity index (χ4n) is 4.22. The van der Waals surface area contributed by atoms with Gasteiger partial charge in [-0.3, -0.25) is 0 Å². The maximum atomic E-state index is 13.1. The number of nitrogens with one attached hydrogen (secondary N) is 1. The smallest absolute Gasteiger partial charge is 0.422 e. The Morgan fingerprint density at radius 2 is 2.12 bits per heavy atom. The number of anilines is 1. The van der Waals surface area contributed by atoms with E-state index in [2.05, 4.69) is 10.3 Å². The molecule has 0 amide bonds. The number of ether oxygens (including phenoxy) is 2. The van der Waals surface area contributed by atoms with Crippen molar-refractivity contribution in [1.82, 2.24) is 13.9 Å². The van der Waals surface area contributed by atoms with E-state index >= 15 is 0 Å². The molecule has 0 aliphatic carbocycles. The highest BCUT2D eigenvalue weighted by Gasteiger charge is 2.44. The van der Waals surface area contributed by atoms with Crippen LogP contribution in [0.5, 0.6) is 5.75 Å². The fraction of sp³-hybridized carbons (Fsp3) is 0.550. The molecule has 2 saturated heterocycles. The molecule has 2 aliphatic rings. The third-order valence-electron chi connectivity index (χ3n) is 5.78. The summed E-state index contributed by atoms with van der Waals surface area (Å²) in [6.45, 7) is 0.331. The third-order valence-corrected chi connectivity index (χ3v) is 7.49. The monoisotopic (exact) mass is 474 g/mol. The molecule has 1 N–H and O–H groups in total. The number of rotatable bonds is 7. The van der Waals surface area contributed by atoms with Gasteiger partial charge in [0.25, 0.3) is 10.0 Å². The number of aryl methyl sites for hydroxylation is 1. The number of benzene rings is 1. The van der Waals surface area contributed by atoms with Gasteiger partial charge in [0.15, 0.2) is 11.6 Å². The largest absolute Gasteiger partial charge is 0.484 e. The maximum Gasteiger partial charge on any atom is 0.422 e. The number of alkyl halides is 3. The van der Waals surface area contributed by atoms with E-state index in [1.54, 1.807) is 23.7 Å². The highest BCUT2D eigenvalue weighted by Crippen LogP contribution is 2.35. The Morgan fingerprint density at radius 3 is 2.78 bits per heavy atom. The van der Waals surface area contributed by atoms with Gasteiger partial charge < -0.3 is 19.4 Å². The van der Waals surface area contributed by atoms with Crippen LogP contribution in [0.15, 0.2) is 41.8 Å². The van der Waals surface area contributed by atoms with Crippen LogP contribution in [-0.4, -0.2) is 67.4 Å². The van der Waals surface area contributed by atoms with Crippen LogP contribution in [-0.2, 0) is 21.8 Å². The van der Waals surface area contributed by atoms with E-state index in [1.165, 1.54) is 29.0 Å². The molecule has 0 bridgehead atoms. The first kappa shape index (κ1) is 22.9. The first-order chi connectivity index (χ1) is 15.1. The van der Waals surface area contributed by atoms with Gasteiger partial charge in [0.05, 0.1) is 6.33 Å². The van der Waals surface area contributed by atoms with Crippen molar-refractivity contribution in [2.45, 2.75) is 23.7 Å². The van der Waals surface area contributed by atoms with E-state index in [0.717, 1.165) is 6.42 Å². The lowest BCUT2D eigenvalue weighted by atomic mass is 9.87. The Bertz CT molecular complexity index is 1040. The van der Waals surface area contributed by atoms with Crippen LogP contribution in [0.4, 0.5) is 18.9 Å². The van der Waals surface area contributed by atoms with Crippen LogP contribution >= 0.6 is 0 Å². The number of imidazole rings is 1. The summed E-state index contributed by atoms with van der Waals surface area (Å²) in [5.41, 5.74) is 0.565. The summed E-state index contributed by atoms with van der Waals surface area (Å²) >= 11 is 0. The Morgan fingerprint density at radius 1 is 1.31 bits per heavy atom. The van der Waals surface area contributed by atoms with Gasteiger partial charge in [-0.25, -0.2) is 13.4 Å². The quantitative estimate of drug-likeness (QED) is 0.664. The van der Waals surface area contributed by atoms with Crippen molar-refractivity contribution < 1.29 is 31.1 Å². The maximum absolute atomic E-state index is 13.1. The first-order valence-electron chi connectivity index (χ1n) is 10.2. The van der Waals surface area contributed by atoms with Gasteiger partial charge in [-0.2, -0.15) is 17.5 Å². The molecular formula is C20H25F3N4O4S. The zero-order valence-corrected chi connectivity index (χ0v) is 18.3. The predicted molar refractivity (Wildman–Crippen MR) is 110 cm³/mol. The average molecular weight is 475 g/mol. The molecule has 8 nitrogen and oxygen atoms in total. The Balaban J connectivity index is 1.52. The van der Waals surface area contributed by atoms with E-state index < -0.39 is 22.8 Å². The normalized spacial score (nSPS) is 24.7. The molecule has 1 unspecified atom stereocenters. The molecule has 32 heavy (non-hydrogen) atoms. The summed E-state index contributed by atoms with van der Waals surface area (Å²) in [5.74, 6) is 0.251. The lowest BCUT2D eigenvalue weighted by molar-refractivity contribution is -0.153. The van der Waals surface area contributed by atoms with E-state index in [9.17, 15) is 21.6 Å². The Kier molecular flexibility index (Phi) is 6.37. The van der Waals surface area contributed by atoms with Gasteiger partial charge in [-0.1, -0.05) is 6.07 Å². The molecule has 2 fully saturated rings. The lowest BCUT2D eigenvalue weighted by Crippen LogP contribution is -2.33. The summed E-state index contributed by atoms with van der Waals surface area (Å²) in [6.07, 6.45) is -0.698. The minimum Gasteiger partial charge on any atom is -0.484 e. The molecule has 3 heterocycles. The van der Waals surface area contributed by atoms with Gasteiger partial charge in [-0.05, 0) is 30.4 Å². The first-order valence-corrected chi connectivity index (χ1v) is 11.7. The lowest BCUT2D eigenvalue weighted by Gasteiger charge is -2.25. The van der Waals surface area contributed by atoms with E-state index in [4.69, 9.17) is 9.47 Å². The van der Waals surface area contributed by atoms with Crippen molar-refractivity contribution in [3.63, 3.8) is 0 Å². The number of hydrogen-bond acceptors (Lipinski definition) is 6. The van der Waals surface area contributed by atoms with Crippen LogP contribution in [0.2, 0.25) is 0 Å². The van der Waals surface area contributed by atoms with Gasteiger partial charge >= 0.3 is 6.18 Å². The highest BCUT2D eigenvalue weighted by molar-refractivity contribution is 7.89. The van der Waals surface area contributed by atoms with Crippen molar-refractivity contribution >= 4 is 15.7 Å². The van der Waals surface area contributed by atoms with Crippen molar-refractivity contribution in [3.05, 3.63) is 36.8 Å². The molecule has 0 saturated carbocycles.